The number of benzene rings is 3. The number of halogens is 1. The fourth-order valence-corrected chi connectivity index (χ4v) is 5.36. The molecule has 0 fully saturated rings. The van der Waals surface area contributed by atoms with Gasteiger partial charge in [0.05, 0.1) is 12.7 Å². The summed E-state index contributed by atoms with van der Waals surface area (Å²) in [5.74, 6) is -0.109. The van der Waals surface area contributed by atoms with E-state index < -0.39 is 5.97 Å². The van der Waals surface area contributed by atoms with Crippen molar-refractivity contribution in [2.24, 2.45) is 0 Å². The third-order valence-corrected chi connectivity index (χ3v) is 7.21. The predicted molar refractivity (Wildman–Crippen MR) is 126 cm³/mol. The molecule has 0 radical (unpaired) electrons. The van der Waals surface area contributed by atoms with Gasteiger partial charge in [-0.2, -0.15) is 0 Å². The van der Waals surface area contributed by atoms with Gasteiger partial charge in [0.25, 0.3) is 0 Å². The van der Waals surface area contributed by atoms with Crippen LogP contribution < -0.4 is 4.74 Å². The second-order valence-corrected chi connectivity index (χ2v) is 9.08. The van der Waals surface area contributed by atoms with Crippen molar-refractivity contribution >= 4 is 29.1 Å². The highest BCUT2D eigenvalue weighted by Crippen LogP contribution is 2.42. The summed E-state index contributed by atoms with van der Waals surface area (Å²) >= 11 is 3.18. The molecule has 1 heterocycles. The van der Waals surface area contributed by atoms with E-state index in [-0.39, 0.29) is 17.1 Å². The number of carbonyl (C=O) groups is 1. The normalized spacial score (nSPS) is 10.8. The van der Waals surface area contributed by atoms with Crippen LogP contribution in [0.25, 0.3) is 20.9 Å². The molecule has 0 spiro atoms. The van der Waals surface area contributed by atoms with Crippen LogP contribution in [0.1, 0.15) is 15.9 Å². The standard InChI is InChI=1S/C25H19FO4S2/c1-30-22-12-17(6-11-21(22)27)23-13-18(14-31-20-9-7-19(26)8-10-20)24(32-23)15-2-4-16(5-3-15)25(28)29/h2-13,27H,14H2,1H3,(H,28,29). The van der Waals surface area contributed by atoms with Crippen molar-refractivity contribution in [1.82, 2.24) is 0 Å². The maximum Gasteiger partial charge on any atom is 0.335 e. The van der Waals surface area contributed by atoms with E-state index in [1.54, 1.807) is 59.5 Å². The first-order valence-electron chi connectivity index (χ1n) is 9.67. The number of ether oxygens (including phenoxy) is 1. The van der Waals surface area contributed by atoms with Gasteiger partial charge in [0, 0.05) is 20.4 Å². The second-order valence-electron chi connectivity index (χ2n) is 6.98. The molecule has 0 unspecified atom stereocenters. The molecule has 4 nitrogen and oxygen atoms in total. The molecule has 0 bridgehead atoms. The number of phenolic OH excluding ortho intramolecular Hbond substituents is 1. The topological polar surface area (TPSA) is 66.8 Å². The Kier molecular flexibility index (Phi) is 6.48. The Hall–Kier alpha value is -3.29. The largest absolute Gasteiger partial charge is 0.504 e. The molecule has 2 N–H and O–H groups in total. The highest BCUT2D eigenvalue weighted by Gasteiger charge is 2.15. The quantitative estimate of drug-likeness (QED) is 0.289. The van der Waals surface area contributed by atoms with Gasteiger partial charge in [-0.15, -0.1) is 23.1 Å². The van der Waals surface area contributed by atoms with Gasteiger partial charge in [-0.05, 0) is 77.4 Å². The lowest BCUT2D eigenvalue weighted by molar-refractivity contribution is 0.0697. The Balaban J connectivity index is 1.72. The number of rotatable bonds is 7. The molecule has 7 heteroatoms. The smallest absolute Gasteiger partial charge is 0.335 e. The van der Waals surface area contributed by atoms with Gasteiger partial charge in [-0.1, -0.05) is 12.1 Å². The van der Waals surface area contributed by atoms with Gasteiger partial charge in [0.2, 0.25) is 0 Å². The van der Waals surface area contributed by atoms with E-state index in [2.05, 4.69) is 6.07 Å². The first kappa shape index (κ1) is 21.9. The molecule has 1 aromatic heterocycles. The summed E-state index contributed by atoms with van der Waals surface area (Å²) in [7, 11) is 1.51. The molecule has 4 rings (SSSR count). The summed E-state index contributed by atoms with van der Waals surface area (Å²) in [5, 5.41) is 19.1. The average molecular weight is 467 g/mol. The molecule has 0 atom stereocenters. The van der Waals surface area contributed by atoms with Gasteiger partial charge in [-0.3, -0.25) is 0 Å². The average Bonchev–Trinajstić information content (AvgIpc) is 3.23. The Bertz CT molecular complexity index is 1250. The molecule has 32 heavy (non-hydrogen) atoms. The van der Waals surface area contributed by atoms with Gasteiger partial charge in [0.15, 0.2) is 11.5 Å². The van der Waals surface area contributed by atoms with Gasteiger partial charge in [0.1, 0.15) is 5.82 Å². The zero-order valence-electron chi connectivity index (χ0n) is 17.0. The molecule has 0 aliphatic rings. The monoisotopic (exact) mass is 466 g/mol. The number of thioether (sulfide) groups is 1. The number of thiophene rings is 1. The fraction of sp³-hybridized carbons (Fsp3) is 0.0800. The minimum absolute atomic E-state index is 0.0735. The zero-order chi connectivity index (χ0) is 22.7. The lowest BCUT2D eigenvalue weighted by atomic mass is 10.1. The van der Waals surface area contributed by atoms with Crippen LogP contribution in [0, 0.1) is 5.82 Å². The summed E-state index contributed by atoms with van der Waals surface area (Å²) in [6, 6.07) is 20.5. The summed E-state index contributed by atoms with van der Waals surface area (Å²) in [4.78, 5) is 14.2. The lowest BCUT2D eigenvalue weighted by Crippen LogP contribution is -1.94. The minimum Gasteiger partial charge on any atom is -0.504 e. The van der Waals surface area contributed by atoms with Crippen LogP contribution >= 0.6 is 23.1 Å². The van der Waals surface area contributed by atoms with E-state index >= 15 is 0 Å². The molecular weight excluding hydrogens is 447 g/mol. The molecule has 0 saturated carbocycles. The van der Waals surface area contributed by atoms with Crippen molar-refractivity contribution < 1.29 is 24.1 Å². The Morgan fingerprint density at radius 2 is 1.69 bits per heavy atom. The number of hydrogen-bond acceptors (Lipinski definition) is 5. The first-order chi connectivity index (χ1) is 15.4. The van der Waals surface area contributed by atoms with Crippen molar-refractivity contribution in [3.8, 4) is 32.4 Å². The highest BCUT2D eigenvalue weighted by atomic mass is 32.2. The van der Waals surface area contributed by atoms with Crippen molar-refractivity contribution in [2.75, 3.05) is 7.11 Å². The van der Waals surface area contributed by atoms with E-state index in [0.717, 1.165) is 31.3 Å². The van der Waals surface area contributed by atoms with Crippen molar-refractivity contribution in [2.45, 2.75) is 10.6 Å². The van der Waals surface area contributed by atoms with Crippen LogP contribution in [-0.2, 0) is 5.75 Å². The Labute approximate surface area is 192 Å². The number of carboxylic acids is 1. The van der Waals surface area contributed by atoms with E-state index in [1.165, 1.54) is 19.2 Å². The molecule has 162 valence electrons. The Morgan fingerprint density at radius 3 is 2.34 bits per heavy atom. The highest BCUT2D eigenvalue weighted by molar-refractivity contribution is 7.98. The molecule has 4 aromatic rings. The van der Waals surface area contributed by atoms with Crippen LogP contribution in [0.4, 0.5) is 4.39 Å². The third-order valence-electron chi connectivity index (χ3n) is 4.88. The number of aromatic hydroxyl groups is 1. The van der Waals surface area contributed by atoms with Crippen LogP contribution in [0.2, 0.25) is 0 Å². The molecule has 0 saturated heterocycles. The molecule has 0 amide bonds. The molecule has 0 aliphatic heterocycles. The van der Waals surface area contributed by atoms with Gasteiger partial charge in [-0.25, -0.2) is 9.18 Å². The molecular formula is C25H19FO4S2. The minimum atomic E-state index is -0.966. The van der Waals surface area contributed by atoms with E-state index in [0.29, 0.717) is 11.5 Å². The molecule has 3 aromatic carbocycles. The van der Waals surface area contributed by atoms with Gasteiger partial charge < -0.3 is 14.9 Å². The van der Waals surface area contributed by atoms with Crippen LogP contribution in [-0.4, -0.2) is 23.3 Å². The maximum atomic E-state index is 13.2. The predicted octanol–water partition coefficient (Wildman–Crippen LogP) is 6.93. The number of phenols is 1. The summed E-state index contributed by atoms with van der Waals surface area (Å²) in [6.07, 6.45) is 0. The number of carboxylic acid groups (broad SMARTS) is 1. The maximum absolute atomic E-state index is 13.2. The molecule has 0 aliphatic carbocycles. The number of aromatic carboxylic acids is 1. The fourth-order valence-electron chi connectivity index (χ4n) is 3.21. The van der Waals surface area contributed by atoms with Crippen LogP contribution in [0.15, 0.2) is 77.7 Å². The number of hydrogen-bond donors (Lipinski definition) is 2. The van der Waals surface area contributed by atoms with E-state index in [4.69, 9.17) is 4.74 Å². The summed E-state index contributed by atoms with van der Waals surface area (Å²) < 4.78 is 18.5. The lowest BCUT2D eigenvalue weighted by Gasteiger charge is -2.05. The van der Waals surface area contributed by atoms with Crippen molar-refractivity contribution in [3.63, 3.8) is 0 Å². The van der Waals surface area contributed by atoms with Crippen molar-refractivity contribution in [1.29, 1.82) is 0 Å². The Morgan fingerprint density at radius 1 is 1.00 bits per heavy atom. The third kappa shape index (κ3) is 4.79. The SMILES string of the molecule is COc1cc(-c2cc(CSc3ccc(F)cc3)c(-c3ccc(C(=O)O)cc3)s2)ccc1O. The number of methoxy groups -OCH3 is 1. The van der Waals surface area contributed by atoms with Crippen LogP contribution in [0.3, 0.4) is 0 Å². The van der Waals surface area contributed by atoms with Gasteiger partial charge >= 0.3 is 5.97 Å². The van der Waals surface area contributed by atoms with E-state index in [1.807, 2.05) is 18.2 Å². The second kappa shape index (κ2) is 9.46. The zero-order valence-corrected chi connectivity index (χ0v) is 18.7. The van der Waals surface area contributed by atoms with E-state index in [9.17, 15) is 19.4 Å². The van der Waals surface area contributed by atoms with Crippen LogP contribution in [0.5, 0.6) is 11.5 Å². The summed E-state index contributed by atoms with van der Waals surface area (Å²) in [6.45, 7) is 0. The summed E-state index contributed by atoms with van der Waals surface area (Å²) in [5.41, 5.74) is 3.14. The van der Waals surface area contributed by atoms with Crippen molar-refractivity contribution in [3.05, 3.63) is 89.7 Å². The first-order valence-corrected chi connectivity index (χ1v) is 11.5.